The summed E-state index contributed by atoms with van der Waals surface area (Å²) in [6.45, 7) is 2.52. The average Bonchev–Trinajstić information content (AvgIpc) is 3.48. The maximum atomic E-state index is 13.1. The van der Waals surface area contributed by atoms with Gasteiger partial charge in [0.2, 0.25) is 0 Å². The molecule has 28 heavy (non-hydrogen) atoms. The fourth-order valence-corrected chi connectivity index (χ4v) is 4.41. The summed E-state index contributed by atoms with van der Waals surface area (Å²) in [5.74, 6) is 0.994. The lowest BCUT2D eigenvalue weighted by Gasteiger charge is -2.30. The number of hydrogen-bond donors (Lipinski definition) is 0. The van der Waals surface area contributed by atoms with Gasteiger partial charge in [0.25, 0.3) is 11.5 Å². The minimum atomic E-state index is -0.214. The molecule has 3 aliphatic rings. The summed E-state index contributed by atoms with van der Waals surface area (Å²) in [4.78, 5) is 27.3. The number of benzene rings is 1. The van der Waals surface area contributed by atoms with Crippen LogP contribution in [0.5, 0.6) is 5.75 Å². The Labute approximate surface area is 171 Å². The van der Waals surface area contributed by atoms with Gasteiger partial charge in [-0.1, -0.05) is 23.2 Å². The van der Waals surface area contributed by atoms with Gasteiger partial charge >= 0.3 is 0 Å². The Morgan fingerprint density at radius 1 is 1.07 bits per heavy atom. The van der Waals surface area contributed by atoms with Crippen molar-refractivity contribution >= 4 is 34.8 Å². The molecule has 0 unspecified atom stereocenters. The SMILES string of the molecule is O=C1COc2cc(Cl)c(-c3c(Cl)n4n(c3=O)CCOCC4)cc2N1CC1CC1. The zero-order valence-corrected chi connectivity index (χ0v) is 16.6. The Kier molecular flexibility index (Phi) is 4.41. The summed E-state index contributed by atoms with van der Waals surface area (Å²) in [6, 6.07) is 3.43. The molecule has 7 nitrogen and oxygen atoms in total. The number of fused-ring (bicyclic) bond motifs is 2. The average molecular weight is 424 g/mol. The number of halogens is 2. The first-order valence-electron chi connectivity index (χ1n) is 9.38. The van der Waals surface area contributed by atoms with E-state index in [0.29, 0.717) is 71.5 Å². The molecular formula is C19H19Cl2N3O4. The first-order valence-corrected chi connectivity index (χ1v) is 10.1. The maximum absolute atomic E-state index is 13.1. The van der Waals surface area contributed by atoms with Crippen LogP contribution in [0, 0.1) is 5.92 Å². The maximum Gasteiger partial charge on any atom is 0.276 e. The lowest BCUT2D eigenvalue weighted by atomic mass is 10.1. The van der Waals surface area contributed by atoms with Crippen molar-refractivity contribution in [3.63, 3.8) is 0 Å². The monoisotopic (exact) mass is 423 g/mol. The van der Waals surface area contributed by atoms with Crippen LogP contribution >= 0.6 is 23.2 Å². The van der Waals surface area contributed by atoms with Gasteiger partial charge in [0, 0.05) is 18.2 Å². The van der Waals surface area contributed by atoms with Crippen LogP contribution in [0.1, 0.15) is 12.8 Å². The summed E-state index contributed by atoms with van der Waals surface area (Å²) in [7, 11) is 0. The van der Waals surface area contributed by atoms with Gasteiger partial charge in [0.1, 0.15) is 10.9 Å². The Hall–Kier alpha value is -1.96. The number of rotatable bonds is 3. The number of ether oxygens (including phenoxy) is 2. The fourth-order valence-electron chi connectivity index (χ4n) is 3.81. The number of carbonyl (C=O) groups excluding carboxylic acids is 1. The molecule has 1 aromatic heterocycles. The lowest BCUT2D eigenvalue weighted by molar-refractivity contribution is -0.121. The largest absolute Gasteiger partial charge is 0.482 e. The highest BCUT2D eigenvalue weighted by molar-refractivity contribution is 6.36. The van der Waals surface area contributed by atoms with Gasteiger partial charge in [0.15, 0.2) is 6.61 Å². The van der Waals surface area contributed by atoms with Crippen molar-refractivity contribution in [3.8, 4) is 16.9 Å². The van der Waals surface area contributed by atoms with Gasteiger partial charge in [-0.25, -0.2) is 4.68 Å². The van der Waals surface area contributed by atoms with E-state index in [-0.39, 0.29) is 18.1 Å². The molecule has 5 rings (SSSR count). The molecule has 0 bridgehead atoms. The predicted octanol–water partition coefficient (Wildman–Crippen LogP) is 2.79. The highest BCUT2D eigenvalue weighted by atomic mass is 35.5. The highest BCUT2D eigenvalue weighted by Gasteiger charge is 2.33. The van der Waals surface area contributed by atoms with Crippen LogP contribution in [0.4, 0.5) is 5.69 Å². The molecule has 1 fully saturated rings. The van der Waals surface area contributed by atoms with Gasteiger partial charge in [0.05, 0.1) is 42.6 Å². The molecule has 0 atom stereocenters. The third kappa shape index (κ3) is 2.93. The van der Waals surface area contributed by atoms with Crippen LogP contribution in [0.2, 0.25) is 10.2 Å². The standard InChI is InChI=1S/C19H19Cl2N3O4/c20-13-8-15-14(22(9-11-1-2-11)16(25)10-28-15)7-12(13)17-18(21)23-3-5-27-6-4-24(23)19(17)26/h7-8,11H,1-6,9-10H2. The van der Waals surface area contributed by atoms with E-state index in [2.05, 4.69) is 0 Å². The van der Waals surface area contributed by atoms with Crippen molar-refractivity contribution in [2.24, 2.45) is 5.92 Å². The zero-order valence-electron chi connectivity index (χ0n) is 15.1. The Morgan fingerprint density at radius 3 is 2.57 bits per heavy atom. The lowest BCUT2D eigenvalue weighted by Crippen LogP contribution is -2.40. The molecule has 3 heterocycles. The van der Waals surface area contributed by atoms with E-state index in [1.54, 1.807) is 26.4 Å². The molecule has 0 radical (unpaired) electrons. The number of nitrogens with zero attached hydrogens (tertiary/aromatic N) is 3. The minimum Gasteiger partial charge on any atom is -0.482 e. The van der Waals surface area contributed by atoms with E-state index < -0.39 is 0 Å². The van der Waals surface area contributed by atoms with E-state index in [9.17, 15) is 9.59 Å². The molecule has 9 heteroatoms. The normalized spacial score (nSPS) is 19.1. The molecule has 1 aromatic carbocycles. The molecule has 0 N–H and O–H groups in total. The van der Waals surface area contributed by atoms with E-state index in [1.165, 1.54) is 0 Å². The van der Waals surface area contributed by atoms with Gasteiger partial charge in [-0.05, 0) is 24.8 Å². The van der Waals surface area contributed by atoms with Crippen molar-refractivity contribution in [2.45, 2.75) is 25.9 Å². The Bertz CT molecular complexity index is 1030. The van der Waals surface area contributed by atoms with Crippen molar-refractivity contribution in [2.75, 3.05) is 31.3 Å². The first kappa shape index (κ1) is 18.1. The highest BCUT2D eigenvalue weighted by Crippen LogP contribution is 2.43. The summed E-state index contributed by atoms with van der Waals surface area (Å²) in [5.41, 5.74) is 1.30. The van der Waals surface area contributed by atoms with Crippen molar-refractivity contribution < 1.29 is 14.3 Å². The molecule has 1 aliphatic carbocycles. The summed E-state index contributed by atoms with van der Waals surface area (Å²) < 4.78 is 14.3. The molecule has 0 spiro atoms. The van der Waals surface area contributed by atoms with Crippen molar-refractivity contribution in [1.29, 1.82) is 0 Å². The molecule has 2 aromatic rings. The molecule has 1 saturated carbocycles. The second-order valence-electron chi connectivity index (χ2n) is 7.37. The number of carbonyl (C=O) groups is 1. The van der Waals surface area contributed by atoms with Gasteiger partial charge in [-0.15, -0.1) is 0 Å². The molecule has 2 aliphatic heterocycles. The third-order valence-corrected chi connectivity index (χ3v) is 6.16. The van der Waals surface area contributed by atoms with Crippen LogP contribution in [0.25, 0.3) is 11.1 Å². The quantitative estimate of drug-likeness (QED) is 0.760. The number of anilines is 1. The van der Waals surface area contributed by atoms with Crippen molar-refractivity contribution in [1.82, 2.24) is 9.36 Å². The topological polar surface area (TPSA) is 65.7 Å². The number of hydrogen-bond acceptors (Lipinski definition) is 4. The van der Waals surface area contributed by atoms with E-state index in [0.717, 1.165) is 12.8 Å². The van der Waals surface area contributed by atoms with Crippen molar-refractivity contribution in [3.05, 3.63) is 32.7 Å². The van der Waals surface area contributed by atoms with Crippen LogP contribution in [-0.4, -0.2) is 41.6 Å². The molecular weight excluding hydrogens is 405 g/mol. The van der Waals surface area contributed by atoms with Crippen LogP contribution in [0.15, 0.2) is 16.9 Å². The summed E-state index contributed by atoms with van der Waals surface area (Å²) >= 11 is 13.1. The summed E-state index contributed by atoms with van der Waals surface area (Å²) in [5, 5.41) is 0.699. The summed E-state index contributed by atoms with van der Waals surface area (Å²) in [6.07, 6.45) is 2.25. The van der Waals surface area contributed by atoms with Gasteiger partial charge in [-0.2, -0.15) is 0 Å². The predicted molar refractivity (Wildman–Crippen MR) is 106 cm³/mol. The Morgan fingerprint density at radius 2 is 1.82 bits per heavy atom. The van der Waals surface area contributed by atoms with Gasteiger partial charge in [-0.3, -0.25) is 14.3 Å². The molecule has 0 saturated heterocycles. The van der Waals surface area contributed by atoms with Crippen LogP contribution < -0.4 is 15.2 Å². The second kappa shape index (κ2) is 6.83. The van der Waals surface area contributed by atoms with E-state index in [4.69, 9.17) is 32.7 Å². The first-order chi connectivity index (χ1) is 13.5. The van der Waals surface area contributed by atoms with Crippen LogP contribution in [-0.2, 0) is 22.6 Å². The van der Waals surface area contributed by atoms with E-state index in [1.807, 2.05) is 0 Å². The molecule has 148 valence electrons. The molecule has 1 amide bonds. The fraction of sp³-hybridized carbons (Fsp3) is 0.474. The minimum absolute atomic E-state index is 0.000660. The second-order valence-corrected chi connectivity index (χ2v) is 8.13. The van der Waals surface area contributed by atoms with Crippen LogP contribution in [0.3, 0.4) is 0 Å². The Balaban J connectivity index is 1.65. The zero-order chi connectivity index (χ0) is 19.4. The number of aromatic nitrogens is 2. The smallest absolute Gasteiger partial charge is 0.276 e. The van der Waals surface area contributed by atoms with Gasteiger partial charge < -0.3 is 14.4 Å². The number of amides is 1. The van der Waals surface area contributed by atoms with E-state index >= 15 is 0 Å². The third-order valence-electron chi connectivity index (χ3n) is 5.47.